The number of Topliss-reactive ketones (excluding diaryl/α,β-unsaturated/α-hetero) is 1. The van der Waals surface area contributed by atoms with Crippen molar-refractivity contribution in [3.63, 3.8) is 0 Å². The Kier molecular flexibility index (Phi) is 5.39. The van der Waals surface area contributed by atoms with Crippen molar-refractivity contribution in [1.29, 1.82) is 0 Å². The quantitative estimate of drug-likeness (QED) is 0.814. The van der Waals surface area contributed by atoms with Crippen molar-refractivity contribution >= 4 is 11.7 Å². The summed E-state index contributed by atoms with van der Waals surface area (Å²) < 4.78 is 5.93. The van der Waals surface area contributed by atoms with E-state index in [-0.39, 0.29) is 11.7 Å². The summed E-state index contributed by atoms with van der Waals surface area (Å²) >= 11 is 0. The molecule has 3 rings (SSSR count). The maximum Gasteiger partial charge on any atom is 0.268 e. The number of hydrogen-bond acceptors (Lipinski definition) is 3. The van der Waals surface area contributed by atoms with E-state index < -0.39 is 0 Å². The Labute approximate surface area is 143 Å². The summed E-state index contributed by atoms with van der Waals surface area (Å²) in [5.41, 5.74) is 2.97. The van der Waals surface area contributed by atoms with E-state index in [0.717, 1.165) is 36.1 Å². The molecule has 0 bridgehead atoms. The Hall–Kier alpha value is -1.62. The van der Waals surface area contributed by atoms with Crippen LogP contribution in [0.25, 0.3) is 0 Å². The number of aryl methyl sites for hydroxylation is 1. The molecule has 0 aromatic carbocycles. The van der Waals surface area contributed by atoms with Gasteiger partial charge in [0.05, 0.1) is 12.7 Å². The van der Waals surface area contributed by atoms with Gasteiger partial charge in [0.15, 0.2) is 5.78 Å². The molecule has 0 aliphatic heterocycles. The molecule has 24 heavy (non-hydrogen) atoms. The number of rotatable bonds is 5. The predicted molar refractivity (Wildman–Crippen MR) is 92.5 cm³/mol. The topological polar surface area (TPSA) is 71.2 Å². The number of ether oxygens (including phenoxy) is 1. The summed E-state index contributed by atoms with van der Waals surface area (Å²) in [6.45, 7) is 5.14. The number of ketones is 1. The maximum absolute atomic E-state index is 12.4. The molecule has 1 aromatic rings. The van der Waals surface area contributed by atoms with Gasteiger partial charge < -0.3 is 15.0 Å². The van der Waals surface area contributed by atoms with Crippen LogP contribution in [0.4, 0.5) is 0 Å². The Bertz CT molecular complexity index is 620. The van der Waals surface area contributed by atoms with Gasteiger partial charge in [-0.15, -0.1) is 0 Å². The summed E-state index contributed by atoms with van der Waals surface area (Å²) in [6, 6.07) is 0. The van der Waals surface area contributed by atoms with Gasteiger partial charge >= 0.3 is 0 Å². The number of carbonyl (C=O) groups excluding carboxylic acids is 2. The third-order valence-corrected chi connectivity index (χ3v) is 5.42. The van der Waals surface area contributed by atoms with E-state index in [1.54, 1.807) is 0 Å². The van der Waals surface area contributed by atoms with E-state index in [2.05, 4.69) is 17.2 Å². The third-order valence-electron chi connectivity index (χ3n) is 5.42. The molecule has 5 heteroatoms. The van der Waals surface area contributed by atoms with Gasteiger partial charge in [-0.3, -0.25) is 9.59 Å². The van der Waals surface area contributed by atoms with Crippen molar-refractivity contribution in [2.75, 3.05) is 13.2 Å². The molecule has 5 nitrogen and oxygen atoms in total. The van der Waals surface area contributed by atoms with E-state index in [4.69, 9.17) is 4.74 Å². The lowest BCUT2D eigenvalue weighted by atomic mass is 9.88. The number of aromatic nitrogens is 1. The lowest BCUT2D eigenvalue weighted by molar-refractivity contribution is -0.00295. The first-order chi connectivity index (χ1) is 11.6. The van der Waals surface area contributed by atoms with Gasteiger partial charge in [0, 0.05) is 24.2 Å². The molecule has 1 heterocycles. The second kappa shape index (κ2) is 7.51. The summed E-state index contributed by atoms with van der Waals surface area (Å²) in [5, 5.41) is 2.91. The monoisotopic (exact) mass is 332 g/mol. The van der Waals surface area contributed by atoms with Gasteiger partial charge in [-0.2, -0.15) is 0 Å². The Morgan fingerprint density at radius 2 is 2.04 bits per heavy atom. The first-order valence-electron chi connectivity index (χ1n) is 9.22. The number of nitrogens with one attached hydrogen (secondary N) is 2. The number of fused-ring (bicyclic) bond motifs is 1. The molecule has 0 unspecified atom stereocenters. The van der Waals surface area contributed by atoms with Crippen molar-refractivity contribution in [1.82, 2.24) is 10.3 Å². The molecule has 132 valence electrons. The Morgan fingerprint density at radius 3 is 2.79 bits per heavy atom. The van der Waals surface area contributed by atoms with Crippen molar-refractivity contribution in [3.8, 4) is 0 Å². The highest BCUT2D eigenvalue weighted by Crippen LogP contribution is 2.27. The van der Waals surface area contributed by atoms with Gasteiger partial charge in [-0.25, -0.2) is 0 Å². The molecular weight excluding hydrogens is 304 g/mol. The fourth-order valence-electron chi connectivity index (χ4n) is 3.99. The van der Waals surface area contributed by atoms with Crippen molar-refractivity contribution in [3.05, 3.63) is 22.5 Å². The van der Waals surface area contributed by atoms with Crippen LogP contribution in [0, 0.1) is 12.8 Å². The largest absolute Gasteiger partial charge is 0.376 e. The maximum atomic E-state index is 12.4. The SMILES string of the molecule is Cc1c(C(=O)NCCO[C@@H]2CCCC[C@@H]2C)[nH]c2c1C(=O)CCC2. The Morgan fingerprint density at radius 1 is 1.25 bits per heavy atom. The molecule has 1 amide bonds. The van der Waals surface area contributed by atoms with Crippen LogP contribution in [0.15, 0.2) is 0 Å². The smallest absolute Gasteiger partial charge is 0.268 e. The Balaban J connectivity index is 1.51. The lowest BCUT2D eigenvalue weighted by Gasteiger charge is -2.28. The van der Waals surface area contributed by atoms with E-state index in [0.29, 0.717) is 37.3 Å². The standard InChI is InChI=1S/C19H28N2O3/c1-12-6-3-4-9-16(12)24-11-10-20-19(23)18-13(2)17-14(21-18)7-5-8-15(17)22/h12,16,21H,3-11H2,1-2H3,(H,20,23)/t12-,16+/m0/s1. The normalized spacial score (nSPS) is 23.8. The van der Waals surface area contributed by atoms with Gasteiger partial charge in [0.2, 0.25) is 0 Å². The van der Waals surface area contributed by atoms with Crippen LogP contribution >= 0.6 is 0 Å². The molecule has 2 N–H and O–H groups in total. The predicted octanol–water partition coefficient (Wildman–Crippen LogP) is 3.17. The van der Waals surface area contributed by atoms with Crippen molar-refractivity contribution in [2.45, 2.75) is 64.9 Å². The molecule has 1 aromatic heterocycles. The first kappa shape index (κ1) is 17.2. The van der Waals surface area contributed by atoms with Gasteiger partial charge in [-0.05, 0) is 44.1 Å². The minimum absolute atomic E-state index is 0.144. The van der Waals surface area contributed by atoms with Crippen LogP contribution in [-0.4, -0.2) is 35.9 Å². The van der Waals surface area contributed by atoms with E-state index >= 15 is 0 Å². The molecule has 2 aliphatic rings. The third kappa shape index (κ3) is 3.56. The van der Waals surface area contributed by atoms with E-state index in [9.17, 15) is 9.59 Å². The number of amides is 1. The lowest BCUT2D eigenvalue weighted by Crippen LogP contribution is -2.32. The van der Waals surface area contributed by atoms with Gasteiger partial charge in [0.25, 0.3) is 5.91 Å². The zero-order chi connectivity index (χ0) is 17.1. The molecule has 0 radical (unpaired) electrons. The summed E-state index contributed by atoms with van der Waals surface area (Å²) in [6.07, 6.45) is 7.51. The zero-order valence-corrected chi connectivity index (χ0v) is 14.7. The molecule has 1 fully saturated rings. The fraction of sp³-hybridized carbons (Fsp3) is 0.684. The molecule has 2 aliphatic carbocycles. The number of carbonyl (C=O) groups is 2. The minimum atomic E-state index is -0.144. The van der Waals surface area contributed by atoms with Crippen molar-refractivity contribution in [2.24, 2.45) is 5.92 Å². The van der Waals surface area contributed by atoms with E-state index in [1.807, 2.05) is 6.92 Å². The van der Waals surface area contributed by atoms with Gasteiger partial charge in [0.1, 0.15) is 5.69 Å². The highest BCUT2D eigenvalue weighted by molar-refractivity contribution is 6.04. The van der Waals surface area contributed by atoms with Crippen LogP contribution in [0.3, 0.4) is 0 Å². The fourth-order valence-corrected chi connectivity index (χ4v) is 3.99. The number of aromatic amines is 1. The van der Waals surface area contributed by atoms with Crippen LogP contribution in [0.2, 0.25) is 0 Å². The molecule has 0 saturated heterocycles. The first-order valence-corrected chi connectivity index (χ1v) is 9.22. The van der Waals surface area contributed by atoms with Crippen LogP contribution in [0.1, 0.15) is 77.6 Å². The molecule has 2 atom stereocenters. The average molecular weight is 332 g/mol. The number of hydrogen-bond donors (Lipinski definition) is 2. The molecular formula is C19H28N2O3. The summed E-state index contributed by atoms with van der Waals surface area (Å²) in [7, 11) is 0. The van der Waals surface area contributed by atoms with Crippen molar-refractivity contribution < 1.29 is 14.3 Å². The van der Waals surface area contributed by atoms with Crippen LogP contribution < -0.4 is 5.32 Å². The molecule has 1 saturated carbocycles. The minimum Gasteiger partial charge on any atom is -0.376 e. The summed E-state index contributed by atoms with van der Waals surface area (Å²) in [4.78, 5) is 27.6. The van der Waals surface area contributed by atoms with Gasteiger partial charge in [-0.1, -0.05) is 19.8 Å². The highest BCUT2D eigenvalue weighted by atomic mass is 16.5. The highest BCUT2D eigenvalue weighted by Gasteiger charge is 2.26. The molecule has 0 spiro atoms. The number of H-pyrrole nitrogens is 1. The average Bonchev–Trinajstić information content (AvgIpc) is 2.91. The zero-order valence-electron chi connectivity index (χ0n) is 14.7. The van der Waals surface area contributed by atoms with E-state index in [1.165, 1.54) is 19.3 Å². The summed E-state index contributed by atoms with van der Waals surface area (Å²) in [5.74, 6) is 0.617. The van der Waals surface area contributed by atoms with Crippen LogP contribution in [0.5, 0.6) is 0 Å². The van der Waals surface area contributed by atoms with Crippen LogP contribution in [-0.2, 0) is 11.2 Å². The second-order valence-electron chi connectivity index (χ2n) is 7.18. The second-order valence-corrected chi connectivity index (χ2v) is 7.18.